The number of aryl methyl sites for hydroxylation is 3. The maximum atomic E-state index is 12.8. The molecule has 0 aliphatic carbocycles. The number of esters is 1. The van der Waals surface area contributed by atoms with Gasteiger partial charge in [-0.1, -0.05) is 25.1 Å². The van der Waals surface area contributed by atoms with Gasteiger partial charge >= 0.3 is 5.97 Å². The molecule has 152 valence electrons. The van der Waals surface area contributed by atoms with Crippen LogP contribution >= 0.6 is 0 Å². The summed E-state index contributed by atoms with van der Waals surface area (Å²) in [5, 5.41) is 2.70. The zero-order valence-corrected chi connectivity index (χ0v) is 17.2. The average Bonchev–Trinajstić information content (AvgIpc) is 2.95. The zero-order chi connectivity index (χ0) is 20.9. The molecule has 2 aromatic rings. The van der Waals surface area contributed by atoms with E-state index in [9.17, 15) is 18.0 Å². The lowest BCUT2D eigenvalue weighted by molar-refractivity contribution is -0.115. The second-order valence-electron chi connectivity index (χ2n) is 6.18. The molecule has 0 bridgehead atoms. The topological polar surface area (TPSA) is 117 Å². The normalized spacial score (nSPS) is 11.3. The molecule has 0 saturated heterocycles. The van der Waals surface area contributed by atoms with E-state index in [-0.39, 0.29) is 17.1 Å². The second kappa shape index (κ2) is 9.03. The van der Waals surface area contributed by atoms with Gasteiger partial charge in [-0.25, -0.2) is 17.9 Å². The van der Waals surface area contributed by atoms with Crippen molar-refractivity contribution < 1.29 is 22.7 Å². The summed E-state index contributed by atoms with van der Waals surface area (Å²) in [6, 6.07) is 7.29. The highest BCUT2D eigenvalue weighted by Crippen LogP contribution is 2.24. The first-order valence-electron chi connectivity index (χ1n) is 8.94. The largest absolute Gasteiger partial charge is 0.462 e. The molecule has 3 N–H and O–H groups in total. The summed E-state index contributed by atoms with van der Waals surface area (Å²) in [7, 11) is -4.11. The fourth-order valence-electron chi connectivity index (χ4n) is 2.92. The molecule has 1 aromatic heterocycles. The van der Waals surface area contributed by atoms with Gasteiger partial charge in [0.05, 0.1) is 13.2 Å². The smallest absolute Gasteiger partial charge is 0.341 e. The molecular formula is C19H25N3O5S. The quantitative estimate of drug-likeness (QED) is 0.581. The van der Waals surface area contributed by atoms with Gasteiger partial charge in [-0.3, -0.25) is 4.79 Å². The van der Waals surface area contributed by atoms with Gasteiger partial charge < -0.3 is 15.0 Å². The highest BCUT2D eigenvalue weighted by Gasteiger charge is 2.30. The molecular weight excluding hydrogens is 382 g/mol. The molecule has 0 aliphatic rings. The number of carbonyl (C=O) groups is 2. The molecule has 1 amide bonds. The summed E-state index contributed by atoms with van der Waals surface area (Å²) in [4.78, 5) is 27.1. The van der Waals surface area contributed by atoms with E-state index in [1.807, 2.05) is 19.1 Å². The van der Waals surface area contributed by atoms with E-state index in [2.05, 4.69) is 15.0 Å². The second-order valence-corrected chi connectivity index (χ2v) is 7.89. The molecule has 0 saturated carbocycles. The Morgan fingerprint density at radius 3 is 2.43 bits per heavy atom. The molecule has 0 spiro atoms. The lowest BCUT2D eigenvalue weighted by Crippen LogP contribution is -2.34. The summed E-state index contributed by atoms with van der Waals surface area (Å²) >= 11 is 0. The first-order valence-corrected chi connectivity index (χ1v) is 10.4. The minimum Gasteiger partial charge on any atom is -0.462 e. The Kier molecular flexibility index (Phi) is 6.98. The summed E-state index contributed by atoms with van der Waals surface area (Å²) in [5.74, 6) is -1.24. The Morgan fingerprint density at radius 2 is 1.79 bits per heavy atom. The number of rotatable bonds is 8. The van der Waals surface area contributed by atoms with Crippen molar-refractivity contribution in [3.05, 3.63) is 46.8 Å². The first kappa shape index (κ1) is 21.6. The number of hydrogen-bond donors (Lipinski definition) is 3. The Hall–Kier alpha value is -2.65. The van der Waals surface area contributed by atoms with Gasteiger partial charge in [-0.05, 0) is 38.8 Å². The first-order chi connectivity index (χ1) is 13.2. The standard InChI is InChI=1S/C19H25N3O5S/c1-5-14-9-7-8-10-15(14)22-16(23)11-20-28(25,26)18-13(4)21-12(3)17(18)19(24)27-6-2/h7-10,20-21H,5-6,11H2,1-4H3,(H,22,23). The van der Waals surface area contributed by atoms with Crippen LogP contribution in [0.3, 0.4) is 0 Å². The SMILES string of the molecule is CCOC(=O)c1c(C)[nH]c(C)c1S(=O)(=O)NCC(=O)Nc1ccccc1CC. The van der Waals surface area contributed by atoms with Crippen molar-refractivity contribution in [3.8, 4) is 0 Å². The van der Waals surface area contributed by atoms with Crippen molar-refractivity contribution >= 4 is 27.6 Å². The number of H-pyrrole nitrogens is 1. The van der Waals surface area contributed by atoms with E-state index in [1.54, 1.807) is 32.9 Å². The minimum absolute atomic E-state index is 0.0522. The van der Waals surface area contributed by atoms with Crippen LogP contribution in [0.15, 0.2) is 29.2 Å². The highest BCUT2D eigenvalue weighted by atomic mass is 32.2. The third-order valence-corrected chi connectivity index (χ3v) is 5.73. The number of hydrogen-bond acceptors (Lipinski definition) is 5. The van der Waals surface area contributed by atoms with Crippen LogP contribution in [0.1, 0.15) is 41.2 Å². The molecule has 0 aliphatic heterocycles. The third-order valence-electron chi connectivity index (χ3n) is 4.16. The Morgan fingerprint density at radius 1 is 1.11 bits per heavy atom. The van der Waals surface area contributed by atoms with Crippen LogP contribution in [0, 0.1) is 13.8 Å². The number of amides is 1. The van der Waals surface area contributed by atoms with Gasteiger partial charge in [-0.2, -0.15) is 0 Å². The van der Waals surface area contributed by atoms with E-state index < -0.39 is 28.4 Å². The average molecular weight is 407 g/mol. The van der Waals surface area contributed by atoms with Gasteiger partial charge in [0.1, 0.15) is 10.5 Å². The van der Waals surface area contributed by atoms with E-state index in [1.165, 1.54) is 0 Å². The van der Waals surface area contributed by atoms with E-state index in [0.717, 1.165) is 12.0 Å². The summed E-state index contributed by atoms with van der Waals surface area (Å²) in [6.07, 6.45) is 0.729. The molecule has 28 heavy (non-hydrogen) atoms. The predicted molar refractivity (Wildman–Crippen MR) is 106 cm³/mol. The summed E-state index contributed by atoms with van der Waals surface area (Å²) in [5.41, 5.74) is 2.21. The summed E-state index contributed by atoms with van der Waals surface area (Å²) < 4.78 is 32.7. The van der Waals surface area contributed by atoms with Crippen molar-refractivity contribution in [1.82, 2.24) is 9.71 Å². The number of anilines is 1. The number of sulfonamides is 1. The van der Waals surface area contributed by atoms with Gasteiger partial charge in [0.15, 0.2) is 0 Å². The van der Waals surface area contributed by atoms with Crippen molar-refractivity contribution in [2.45, 2.75) is 39.0 Å². The van der Waals surface area contributed by atoms with Crippen molar-refractivity contribution in [1.29, 1.82) is 0 Å². The maximum Gasteiger partial charge on any atom is 0.341 e. The third kappa shape index (κ3) is 4.79. The van der Waals surface area contributed by atoms with E-state index in [4.69, 9.17) is 4.74 Å². The Bertz CT molecular complexity index is 979. The fourth-order valence-corrected chi connectivity index (χ4v) is 4.35. The number of aromatic amines is 1. The molecule has 0 fully saturated rings. The molecule has 0 atom stereocenters. The molecule has 0 unspecified atom stereocenters. The van der Waals surface area contributed by atoms with Gasteiger partial charge in [0, 0.05) is 17.1 Å². The number of para-hydroxylation sites is 1. The number of nitrogens with one attached hydrogen (secondary N) is 3. The summed E-state index contributed by atoms with van der Waals surface area (Å²) in [6.45, 7) is 6.38. The van der Waals surface area contributed by atoms with Gasteiger partial charge in [0.25, 0.3) is 0 Å². The fraction of sp³-hybridized carbons (Fsp3) is 0.368. The van der Waals surface area contributed by atoms with Crippen molar-refractivity contribution in [2.75, 3.05) is 18.5 Å². The molecule has 1 aromatic carbocycles. The van der Waals surface area contributed by atoms with Crippen LogP contribution in [0.4, 0.5) is 5.69 Å². The highest BCUT2D eigenvalue weighted by molar-refractivity contribution is 7.89. The van der Waals surface area contributed by atoms with E-state index >= 15 is 0 Å². The lowest BCUT2D eigenvalue weighted by Gasteiger charge is -2.11. The van der Waals surface area contributed by atoms with Crippen LogP contribution in [0.25, 0.3) is 0 Å². The van der Waals surface area contributed by atoms with Crippen LogP contribution < -0.4 is 10.0 Å². The Balaban J connectivity index is 2.18. The molecule has 9 heteroatoms. The van der Waals surface area contributed by atoms with E-state index in [0.29, 0.717) is 17.1 Å². The number of ether oxygens (including phenoxy) is 1. The van der Waals surface area contributed by atoms with Crippen molar-refractivity contribution in [2.24, 2.45) is 0 Å². The number of carbonyl (C=O) groups excluding carboxylic acids is 2. The van der Waals surface area contributed by atoms with Crippen LogP contribution in [0.2, 0.25) is 0 Å². The predicted octanol–water partition coefficient (Wildman–Crippen LogP) is 2.29. The molecule has 8 nitrogen and oxygen atoms in total. The molecule has 0 radical (unpaired) electrons. The minimum atomic E-state index is -4.11. The van der Waals surface area contributed by atoms with Gasteiger partial charge in [-0.15, -0.1) is 0 Å². The number of benzene rings is 1. The molecule has 2 rings (SSSR count). The maximum absolute atomic E-state index is 12.8. The lowest BCUT2D eigenvalue weighted by atomic mass is 10.1. The Labute approximate surface area is 164 Å². The van der Waals surface area contributed by atoms with Crippen LogP contribution in [-0.2, 0) is 26.0 Å². The zero-order valence-electron chi connectivity index (χ0n) is 16.4. The van der Waals surface area contributed by atoms with Crippen molar-refractivity contribution in [3.63, 3.8) is 0 Å². The molecule has 1 heterocycles. The number of aromatic nitrogens is 1. The van der Waals surface area contributed by atoms with Crippen LogP contribution in [-0.4, -0.2) is 38.4 Å². The monoisotopic (exact) mass is 407 g/mol. The van der Waals surface area contributed by atoms with Crippen LogP contribution in [0.5, 0.6) is 0 Å². The van der Waals surface area contributed by atoms with Gasteiger partial charge in [0.2, 0.25) is 15.9 Å².